The standard InChI is InChI=1S/C11H9Cl2N/c12-10-2-1-8(6-11(10)13)5-9-3-4-14-7-9/h1-4,6-7,9H,5H2. The third-order valence-electron chi connectivity index (χ3n) is 2.15. The van der Waals surface area contributed by atoms with E-state index >= 15 is 0 Å². The normalized spacial score (nSPS) is 19.1. The molecular formula is C11H9Cl2N. The van der Waals surface area contributed by atoms with Crippen molar-refractivity contribution in [2.24, 2.45) is 10.9 Å². The minimum absolute atomic E-state index is 0.396. The molecule has 0 aliphatic carbocycles. The fraction of sp³-hybridized carbons (Fsp3) is 0.182. The molecule has 0 aromatic heterocycles. The number of hydrogen-bond donors (Lipinski definition) is 0. The maximum absolute atomic E-state index is 5.92. The molecule has 0 amide bonds. The molecule has 3 heteroatoms. The van der Waals surface area contributed by atoms with E-state index in [0.717, 1.165) is 6.42 Å². The first-order chi connectivity index (χ1) is 6.75. The van der Waals surface area contributed by atoms with Crippen molar-refractivity contribution in [3.05, 3.63) is 46.1 Å². The number of rotatable bonds is 2. The molecule has 1 atom stereocenters. The van der Waals surface area contributed by atoms with Crippen molar-refractivity contribution in [1.82, 2.24) is 0 Å². The van der Waals surface area contributed by atoms with Gasteiger partial charge in [-0.25, -0.2) is 0 Å². The summed E-state index contributed by atoms with van der Waals surface area (Å²) in [5.74, 6) is 0.396. The zero-order valence-corrected chi connectivity index (χ0v) is 8.96. The van der Waals surface area contributed by atoms with Crippen molar-refractivity contribution in [3.8, 4) is 0 Å². The molecule has 0 spiro atoms. The molecular weight excluding hydrogens is 217 g/mol. The number of benzene rings is 1. The van der Waals surface area contributed by atoms with Gasteiger partial charge in [-0.1, -0.05) is 35.3 Å². The first kappa shape index (κ1) is 9.75. The molecule has 1 unspecified atom stereocenters. The van der Waals surface area contributed by atoms with Crippen LogP contribution in [0.2, 0.25) is 10.0 Å². The van der Waals surface area contributed by atoms with Crippen LogP contribution in [0.1, 0.15) is 5.56 Å². The molecule has 0 fully saturated rings. The van der Waals surface area contributed by atoms with E-state index in [2.05, 4.69) is 11.1 Å². The summed E-state index contributed by atoms with van der Waals surface area (Å²) in [4.78, 5) is 4.04. The van der Waals surface area contributed by atoms with E-state index in [0.29, 0.717) is 16.0 Å². The molecule has 0 radical (unpaired) electrons. The molecule has 2 rings (SSSR count). The molecule has 1 aliphatic heterocycles. The lowest BCUT2D eigenvalue weighted by atomic mass is 10.0. The third kappa shape index (κ3) is 2.17. The van der Waals surface area contributed by atoms with Crippen LogP contribution in [-0.2, 0) is 6.42 Å². The van der Waals surface area contributed by atoms with Crippen LogP contribution in [0.5, 0.6) is 0 Å². The maximum Gasteiger partial charge on any atom is 0.0595 e. The van der Waals surface area contributed by atoms with Crippen molar-refractivity contribution in [2.45, 2.75) is 6.42 Å². The Bertz CT molecular complexity index is 384. The largest absolute Gasteiger partial charge is 0.269 e. The molecule has 0 saturated carbocycles. The second-order valence-corrected chi connectivity index (χ2v) is 4.07. The van der Waals surface area contributed by atoms with Gasteiger partial charge in [0.1, 0.15) is 0 Å². The van der Waals surface area contributed by atoms with Gasteiger partial charge in [-0.3, -0.25) is 4.99 Å². The summed E-state index contributed by atoms with van der Waals surface area (Å²) in [5.41, 5.74) is 1.18. The fourth-order valence-corrected chi connectivity index (χ4v) is 1.75. The highest BCUT2D eigenvalue weighted by Crippen LogP contribution is 2.24. The first-order valence-corrected chi connectivity index (χ1v) is 5.15. The predicted molar refractivity (Wildman–Crippen MR) is 61.3 cm³/mol. The number of nitrogens with zero attached hydrogens (tertiary/aromatic N) is 1. The van der Waals surface area contributed by atoms with Gasteiger partial charge in [0.15, 0.2) is 0 Å². The van der Waals surface area contributed by atoms with Gasteiger partial charge in [0, 0.05) is 18.3 Å². The molecule has 1 heterocycles. The average molecular weight is 226 g/mol. The summed E-state index contributed by atoms with van der Waals surface area (Å²) in [6.45, 7) is 0. The third-order valence-corrected chi connectivity index (χ3v) is 2.89. The molecule has 1 aromatic rings. The van der Waals surface area contributed by atoms with Gasteiger partial charge >= 0.3 is 0 Å². The minimum atomic E-state index is 0.396. The Morgan fingerprint density at radius 3 is 2.71 bits per heavy atom. The van der Waals surface area contributed by atoms with Crippen LogP contribution in [0.15, 0.2) is 35.5 Å². The zero-order valence-electron chi connectivity index (χ0n) is 7.45. The fourth-order valence-electron chi connectivity index (χ4n) is 1.43. The minimum Gasteiger partial charge on any atom is -0.269 e. The number of halogens is 2. The SMILES string of the molecule is Clc1ccc(CC2C=CN=C2)cc1Cl. The van der Waals surface area contributed by atoms with Crippen LogP contribution >= 0.6 is 23.2 Å². The summed E-state index contributed by atoms with van der Waals surface area (Å²) in [6, 6.07) is 5.73. The smallest absolute Gasteiger partial charge is 0.0595 e. The van der Waals surface area contributed by atoms with Crippen molar-refractivity contribution in [3.63, 3.8) is 0 Å². The highest BCUT2D eigenvalue weighted by atomic mass is 35.5. The van der Waals surface area contributed by atoms with E-state index in [4.69, 9.17) is 23.2 Å². The van der Waals surface area contributed by atoms with Crippen LogP contribution in [0.3, 0.4) is 0 Å². The Morgan fingerprint density at radius 2 is 2.07 bits per heavy atom. The molecule has 0 N–H and O–H groups in total. The van der Waals surface area contributed by atoms with Crippen molar-refractivity contribution < 1.29 is 0 Å². The quantitative estimate of drug-likeness (QED) is 0.728. The lowest BCUT2D eigenvalue weighted by Crippen LogP contribution is -1.99. The van der Waals surface area contributed by atoms with Crippen molar-refractivity contribution in [2.75, 3.05) is 0 Å². The van der Waals surface area contributed by atoms with E-state index in [9.17, 15) is 0 Å². The molecule has 1 aliphatic rings. The van der Waals surface area contributed by atoms with Crippen LogP contribution in [0, 0.1) is 5.92 Å². The molecule has 0 saturated heterocycles. The number of aliphatic imine (C=N–C) groups is 1. The summed E-state index contributed by atoms with van der Waals surface area (Å²) < 4.78 is 0. The number of hydrogen-bond acceptors (Lipinski definition) is 1. The second kappa shape index (κ2) is 4.16. The monoisotopic (exact) mass is 225 g/mol. The van der Waals surface area contributed by atoms with Gasteiger partial charge in [-0.2, -0.15) is 0 Å². The average Bonchev–Trinajstić information content (AvgIpc) is 2.64. The van der Waals surface area contributed by atoms with Crippen LogP contribution in [-0.4, -0.2) is 6.21 Å². The number of allylic oxidation sites excluding steroid dienone is 1. The summed E-state index contributed by atoms with van der Waals surface area (Å²) >= 11 is 11.7. The van der Waals surface area contributed by atoms with Gasteiger partial charge in [0.2, 0.25) is 0 Å². The Morgan fingerprint density at radius 1 is 1.21 bits per heavy atom. The van der Waals surface area contributed by atoms with Crippen molar-refractivity contribution in [1.29, 1.82) is 0 Å². The second-order valence-electron chi connectivity index (χ2n) is 3.26. The van der Waals surface area contributed by atoms with Crippen molar-refractivity contribution >= 4 is 29.4 Å². The van der Waals surface area contributed by atoms with Gasteiger partial charge in [0.25, 0.3) is 0 Å². The van der Waals surface area contributed by atoms with Crippen LogP contribution in [0.4, 0.5) is 0 Å². The van der Waals surface area contributed by atoms with Crippen LogP contribution < -0.4 is 0 Å². The van der Waals surface area contributed by atoms with Gasteiger partial charge in [0.05, 0.1) is 10.0 Å². The summed E-state index contributed by atoms with van der Waals surface area (Å²) in [6.07, 6.45) is 6.75. The summed E-state index contributed by atoms with van der Waals surface area (Å²) in [7, 11) is 0. The first-order valence-electron chi connectivity index (χ1n) is 4.39. The van der Waals surface area contributed by atoms with Gasteiger partial charge < -0.3 is 0 Å². The Balaban J connectivity index is 2.13. The summed E-state index contributed by atoms with van der Waals surface area (Å²) in [5, 5.41) is 1.22. The lowest BCUT2D eigenvalue weighted by molar-refractivity contribution is 0.879. The van der Waals surface area contributed by atoms with Crippen LogP contribution in [0.25, 0.3) is 0 Å². The molecule has 1 nitrogen and oxygen atoms in total. The Hall–Kier alpha value is -0.790. The topological polar surface area (TPSA) is 12.4 Å². The van der Waals surface area contributed by atoms with Gasteiger partial charge in [-0.05, 0) is 24.1 Å². The molecule has 14 heavy (non-hydrogen) atoms. The van der Waals surface area contributed by atoms with E-state index < -0.39 is 0 Å². The zero-order chi connectivity index (χ0) is 9.97. The Kier molecular flexibility index (Phi) is 2.90. The molecule has 1 aromatic carbocycles. The van der Waals surface area contributed by atoms with E-state index in [1.54, 1.807) is 0 Å². The Labute approximate surface area is 93.1 Å². The highest BCUT2D eigenvalue weighted by Gasteiger charge is 2.07. The highest BCUT2D eigenvalue weighted by molar-refractivity contribution is 6.42. The molecule has 0 bridgehead atoms. The van der Waals surface area contributed by atoms with E-state index in [1.165, 1.54) is 5.56 Å². The maximum atomic E-state index is 5.92. The predicted octanol–water partition coefficient (Wildman–Crippen LogP) is 3.75. The molecule has 72 valence electrons. The van der Waals surface area contributed by atoms with Gasteiger partial charge in [-0.15, -0.1) is 0 Å². The van der Waals surface area contributed by atoms with E-state index in [-0.39, 0.29) is 0 Å². The lowest BCUT2D eigenvalue weighted by Gasteiger charge is -2.05. The van der Waals surface area contributed by atoms with E-state index in [1.807, 2.05) is 30.6 Å².